The molecule has 3 aliphatic heterocycles. The van der Waals surface area contributed by atoms with Crippen LogP contribution in [-0.2, 0) is 7.05 Å². The summed E-state index contributed by atoms with van der Waals surface area (Å²) < 4.78 is 2.09. The van der Waals surface area contributed by atoms with Gasteiger partial charge >= 0.3 is 0 Å². The van der Waals surface area contributed by atoms with E-state index in [1.54, 1.807) is 0 Å². The second kappa shape index (κ2) is 8.97. The Morgan fingerprint density at radius 3 is 2.60 bits per heavy atom. The second-order valence-electron chi connectivity index (χ2n) is 10.3. The Morgan fingerprint density at radius 1 is 1.03 bits per heavy atom. The van der Waals surface area contributed by atoms with Crippen LogP contribution in [0.4, 0.5) is 0 Å². The number of nitrogens with one attached hydrogen (secondary N) is 1. The molecule has 4 heterocycles. The fraction of sp³-hybridized carbons (Fsp3) is 0.333. The Kier molecular flexibility index (Phi) is 5.65. The molecule has 0 aliphatic carbocycles. The maximum Gasteiger partial charge on any atom is 0.251 e. The Bertz CT molecular complexity index is 1370. The molecule has 35 heavy (non-hydrogen) atoms. The number of amides is 1. The molecule has 0 radical (unpaired) electrons. The minimum Gasteiger partial charge on any atom is -0.350 e. The molecule has 178 valence electrons. The zero-order chi connectivity index (χ0) is 23.9. The first-order chi connectivity index (χ1) is 17.0. The van der Waals surface area contributed by atoms with Crippen LogP contribution in [0.15, 0.2) is 72.8 Å². The summed E-state index contributed by atoms with van der Waals surface area (Å²) in [5.41, 5.74) is 5.45. The molecule has 1 aromatic heterocycles. The van der Waals surface area contributed by atoms with Crippen molar-refractivity contribution in [3.8, 4) is 11.3 Å². The van der Waals surface area contributed by atoms with E-state index in [4.69, 9.17) is 5.10 Å². The van der Waals surface area contributed by atoms with Crippen LogP contribution in [0.1, 0.15) is 40.4 Å². The van der Waals surface area contributed by atoms with E-state index >= 15 is 0 Å². The number of carbonyl (C=O) groups excluding carboxylic acids is 1. The smallest absolute Gasteiger partial charge is 0.251 e. The first-order valence-electron chi connectivity index (χ1n) is 12.7. The summed E-state index contributed by atoms with van der Waals surface area (Å²) in [5, 5.41) is 10.6. The maximum absolute atomic E-state index is 12.6. The summed E-state index contributed by atoms with van der Waals surface area (Å²) in [7, 11) is 2.08. The Labute approximate surface area is 206 Å². The first-order valence-corrected chi connectivity index (χ1v) is 12.7. The number of nitrogens with zero attached hydrogens (tertiary/aromatic N) is 3. The quantitative estimate of drug-likeness (QED) is 0.444. The van der Waals surface area contributed by atoms with Crippen molar-refractivity contribution < 1.29 is 4.79 Å². The van der Waals surface area contributed by atoms with E-state index in [1.807, 2.05) is 31.2 Å². The van der Waals surface area contributed by atoms with Crippen LogP contribution in [-0.4, -0.2) is 46.3 Å². The lowest BCUT2D eigenvalue weighted by atomic mass is 9.74. The molecule has 2 bridgehead atoms. The summed E-state index contributed by atoms with van der Waals surface area (Å²) in [6, 6.07) is 25.6. The molecule has 3 aliphatic rings. The van der Waals surface area contributed by atoms with Crippen molar-refractivity contribution in [1.82, 2.24) is 20.0 Å². The van der Waals surface area contributed by atoms with Gasteiger partial charge in [-0.1, -0.05) is 54.1 Å². The van der Waals surface area contributed by atoms with Crippen molar-refractivity contribution >= 4 is 16.7 Å². The third kappa shape index (κ3) is 4.25. The zero-order valence-electron chi connectivity index (χ0n) is 20.4. The number of carbonyl (C=O) groups is 1. The number of hydrogen-bond donors (Lipinski definition) is 1. The fourth-order valence-corrected chi connectivity index (χ4v) is 6.02. The molecular weight excluding hydrogens is 432 g/mol. The van der Waals surface area contributed by atoms with Gasteiger partial charge in [-0.15, -0.1) is 0 Å². The molecule has 3 aromatic carbocycles. The molecule has 0 saturated carbocycles. The topological polar surface area (TPSA) is 50.2 Å². The van der Waals surface area contributed by atoms with E-state index in [2.05, 4.69) is 70.5 Å². The van der Waals surface area contributed by atoms with Crippen molar-refractivity contribution in [3.05, 3.63) is 89.6 Å². The molecule has 4 atom stereocenters. The van der Waals surface area contributed by atoms with Crippen LogP contribution in [0.25, 0.3) is 22.0 Å². The molecule has 1 N–H and O–H groups in total. The van der Waals surface area contributed by atoms with Gasteiger partial charge in [0.05, 0.1) is 5.69 Å². The van der Waals surface area contributed by atoms with Gasteiger partial charge in [-0.05, 0) is 67.3 Å². The largest absolute Gasteiger partial charge is 0.350 e. The molecular formula is C30H32N4O. The van der Waals surface area contributed by atoms with Gasteiger partial charge in [0.2, 0.25) is 0 Å². The first kappa shape index (κ1) is 22.1. The summed E-state index contributed by atoms with van der Waals surface area (Å²) in [5.74, 6) is 1.14. The molecule has 4 aromatic rings. The summed E-state index contributed by atoms with van der Waals surface area (Å²) in [6.07, 6.45) is 2.33. The number of piperidine rings is 3. The Morgan fingerprint density at radius 2 is 1.83 bits per heavy atom. The molecule has 3 saturated heterocycles. The van der Waals surface area contributed by atoms with E-state index in [0.29, 0.717) is 24.4 Å². The monoisotopic (exact) mass is 464 g/mol. The number of rotatable bonds is 5. The van der Waals surface area contributed by atoms with Crippen molar-refractivity contribution in [2.24, 2.45) is 13.0 Å². The number of benzene rings is 3. The minimum absolute atomic E-state index is 0.0239. The lowest BCUT2D eigenvalue weighted by molar-refractivity contribution is 0.0280. The van der Waals surface area contributed by atoms with Crippen molar-refractivity contribution in [1.29, 1.82) is 0 Å². The van der Waals surface area contributed by atoms with Gasteiger partial charge in [0.1, 0.15) is 0 Å². The van der Waals surface area contributed by atoms with Gasteiger partial charge in [-0.3, -0.25) is 14.4 Å². The van der Waals surface area contributed by atoms with Crippen molar-refractivity contribution in [2.75, 3.05) is 19.6 Å². The predicted molar refractivity (Wildman–Crippen MR) is 140 cm³/mol. The summed E-state index contributed by atoms with van der Waals surface area (Å²) >= 11 is 0. The van der Waals surface area contributed by atoms with Crippen LogP contribution >= 0.6 is 0 Å². The van der Waals surface area contributed by atoms with E-state index in [1.165, 1.54) is 34.0 Å². The summed E-state index contributed by atoms with van der Waals surface area (Å²) in [4.78, 5) is 15.2. The highest BCUT2D eigenvalue weighted by Gasteiger charge is 2.41. The van der Waals surface area contributed by atoms with Gasteiger partial charge in [-0.25, -0.2) is 0 Å². The van der Waals surface area contributed by atoms with E-state index < -0.39 is 0 Å². The average Bonchev–Trinajstić information content (AvgIpc) is 3.29. The van der Waals surface area contributed by atoms with E-state index in [-0.39, 0.29) is 5.91 Å². The molecule has 0 spiro atoms. The van der Waals surface area contributed by atoms with Gasteiger partial charge in [-0.2, -0.15) is 5.10 Å². The molecule has 5 nitrogen and oxygen atoms in total. The lowest BCUT2D eigenvalue weighted by Crippen LogP contribution is -2.56. The SMILES string of the molecule is Cc1ccc(C(=O)NCC2CC3CCN2CC3c2cc(-c3ccc4ccccc4c3)nn2C)cc1. The molecule has 1 amide bonds. The van der Waals surface area contributed by atoms with E-state index in [9.17, 15) is 4.79 Å². The number of aromatic nitrogens is 2. The Hall–Kier alpha value is -3.44. The standard InChI is InChI=1S/C30H32N4O/c1-20-7-9-22(10-8-20)30(35)31-18-26-16-24-13-14-34(26)19-27(24)29-17-28(32-33(29)2)25-12-11-21-5-3-4-6-23(21)15-25/h3-12,15,17,24,26-27H,13-14,16,18-19H2,1-2H3,(H,31,35). The van der Waals surface area contributed by atoms with Gasteiger partial charge in [0.15, 0.2) is 0 Å². The molecule has 3 fully saturated rings. The molecule has 7 rings (SSSR count). The van der Waals surface area contributed by atoms with Crippen molar-refractivity contribution in [3.63, 3.8) is 0 Å². The van der Waals surface area contributed by atoms with Crippen LogP contribution in [0.5, 0.6) is 0 Å². The van der Waals surface area contributed by atoms with Gasteiger partial charge in [0, 0.05) is 48.9 Å². The maximum atomic E-state index is 12.6. The highest BCUT2D eigenvalue weighted by molar-refractivity contribution is 5.94. The summed E-state index contributed by atoms with van der Waals surface area (Å²) in [6.45, 7) is 4.90. The minimum atomic E-state index is 0.0239. The van der Waals surface area contributed by atoms with Crippen molar-refractivity contribution in [2.45, 2.75) is 31.7 Å². The second-order valence-corrected chi connectivity index (χ2v) is 10.3. The number of hydrogen-bond acceptors (Lipinski definition) is 3. The Balaban J connectivity index is 1.15. The van der Waals surface area contributed by atoms with Crippen LogP contribution in [0, 0.1) is 12.8 Å². The number of fused-ring (bicyclic) bond motifs is 4. The highest BCUT2D eigenvalue weighted by atomic mass is 16.1. The average molecular weight is 465 g/mol. The highest BCUT2D eigenvalue weighted by Crippen LogP contribution is 2.42. The predicted octanol–water partition coefficient (Wildman–Crippen LogP) is 5.16. The zero-order valence-corrected chi connectivity index (χ0v) is 20.4. The van der Waals surface area contributed by atoms with E-state index in [0.717, 1.165) is 30.8 Å². The fourth-order valence-electron chi connectivity index (χ4n) is 6.02. The van der Waals surface area contributed by atoms with Gasteiger partial charge in [0.25, 0.3) is 5.91 Å². The molecule has 5 heteroatoms. The van der Waals surface area contributed by atoms with Crippen LogP contribution < -0.4 is 5.32 Å². The number of aryl methyl sites for hydroxylation is 2. The normalized spacial score (nSPS) is 23.5. The molecule has 4 unspecified atom stereocenters. The lowest BCUT2D eigenvalue weighted by Gasteiger charge is -2.50. The third-order valence-electron chi connectivity index (χ3n) is 8.03. The van der Waals surface area contributed by atoms with Crippen LogP contribution in [0.2, 0.25) is 0 Å². The van der Waals surface area contributed by atoms with Crippen LogP contribution in [0.3, 0.4) is 0 Å². The van der Waals surface area contributed by atoms with Gasteiger partial charge < -0.3 is 5.32 Å². The third-order valence-corrected chi connectivity index (χ3v) is 8.03.